The molecule has 50 valence electrons. The van der Waals surface area contributed by atoms with Crippen LogP contribution in [-0.2, 0) is 0 Å². The minimum atomic E-state index is 0.281. The summed E-state index contributed by atoms with van der Waals surface area (Å²) in [5.74, 6) is 0.428. The molecule has 1 aliphatic heterocycles. The van der Waals surface area contributed by atoms with Crippen LogP contribution in [0.15, 0.2) is 10.2 Å². The number of rotatable bonds is 0. The molecular weight excluding hydrogens is 112 g/mol. The lowest BCUT2D eigenvalue weighted by Crippen LogP contribution is -2.20. The van der Waals surface area contributed by atoms with E-state index in [2.05, 4.69) is 31.0 Å². The van der Waals surface area contributed by atoms with Gasteiger partial charge >= 0.3 is 0 Å². The van der Waals surface area contributed by atoms with E-state index >= 15 is 0 Å². The highest BCUT2D eigenvalue weighted by Gasteiger charge is 2.22. The van der Waals surface area contributed by atoms with Gasteiger partial charge in [-0.25, -0.2) is 0 Å². The molecule has 0 aromatic carbocycles. The van der Waals surface area contributed by atoms with Crippen LogP contribution in [0.3, 0.4) is 0 Å². The highest BCUT2D eigenvalue weighted by molar-refractivity contribution is 5.87. The first kappa shape index (κ1) is 6.46. The zero-order valence-corrected chi connectivity index (χ0v) is 6.13. The Kier molecular flexibility index (Phi) is 1.39. The Balaban J connectivity index is 2.64. The smallest absolute Gasteiger partial charge is 0.0382 e. The molecule has 0 unspecified atom stereocenters. The Hall–Kier alpha value is -0.660. The standard InChI is InChI=1S/C7H12N2/c1-7(2,3)6-4-8-9-5-6/h4-6H,1-3H3. The van der Waals surface area contributed by atoms with Gasteiger partial charge in [-0.05, 0) is 5.41 Å². The van der Waals surface area contributed by atoms with Crippen LogP contribution in [0, 0.1) is 11.3 Å². The fourth-order valence-electron chi connectivity index (χ4n) is 0.706. The van der Waals surface area contributed by atoms with Crippen molar-refractivity contribution in [3.05, 3.63) is 0 Å². The maximum absolute atomic E-state index is 3.78. The Morgan fingerprint density at radius 3 is 1.78 bits per heavy atom. The molecule has 0 saturated carbocycles. The molecule has 0 spiro atoms. The van der Waals surface area contributed by atoms with Gasteiger partial charge in [0.1, 0.15) is 0 Å². The fourth-order valence-corrected chi connectivity index (χ4v) is 0.706. The quantitative estimate of drug-likeness (QED) is 0.469. The maximum atomic E-state index is 3.78. The maximum Gasteiger partial charge on any atom is 0.0382 e. The summed E-state index contributed by atoms with van der Waals surface area (Å²) in [7, 11) is 0. The van der Waals surface area contributed by atoms with Crippen molar-refractivity contribution in [1.82, 2.24) is 0 Å². The summed E-state index contributed by atoms with van der Waals surface area (Å²) in [5.41, 5.74) is 0.281. The molecule has 0 fully saturated rings. The molecule has 0 bridgehead atoms. The topological polar surface area (TPSA) is 24.7 Å². The minimum absolute atomic E-state index is 0.281. The molecule has 1 heterocycles. The van der Waals surface area contributed by atoms with Crippen LogP contribution in [0.5, 0.6) is 0 Å². The van der Waals surface area contributed by atoms with Crippen LogP contribution in [0.4, 0.5) is 0 Å². The summed E-state index contributed by atoms with van der Waals surface area (Å²) in [6, 6.07) is 0. The van der Waals surface area contributed by atoms with Crippen LogP contribution in [0.2, 0.25) is 0 Å². The normalized spacial score (nSPS) is 19.4. The first-order valence-electron chi connectivity index (χ1n) is 3.17. The summed E-state index contributed by atoms with van der Waals surface area (Å²) in [4.78, 5) is 0. The highest BCUT2D eigenvalue weighted by atomic mass is 15.2. The van der Waals surface area contributed by atoms with Crippen LogP contribution < -0.4 is 0 Å². The van der Waals surface area contributed by atoms with Crippen molar-refractivity contribution in [3.63, 3.8) is 0 Å². The van der Waals surface area contributed by atoms with Crippen molar-refractivity contribution in [2.24, 2.45) is 21.5 Å². The van der Waals surface area contributed by atoms with Gasteiger partial charge in [-0.15, -0.1) is 0 Å². The van der Waals surface area contributed by atoms with E-state index in [0.29, 0.717) is 5.92 Å². The second-order valence-corrected chi connectivity index (χ2v) is 3.42. The molecule has 1 aliphatic rings. The molecule has 0 aliphatic carbocycles. The Labute approximate surface area is 55.7 Å². The SMILES string of the molecule is CC(C)(C)C1C=NN=C1. The zero-order chi connectivity index (χ0) is 6.91. The molecule has 0 amide bonds. The third-order valence-corrected chi connectivity index (χ3v) is 1.52. The summed E-state index contributed by atoms with van der Waals surface area (Å²) in [5, 5.41) is 7.55. The van der Waals surface area contributed by atoms with Gasteiger partial charge in [0.05, 0.1) is 0 Å². The second-order valence-electron chi connectivity index (χ2n) is 3.42. The van der Waals surface area contributed by atoms with E-state index in [0.717, 1.165) is 0 Å². The van der Waals surface area contributed by atoms with Gasteiger partial charge < -0.3 is 0 Å². The molecule has 1 rings (SSSR count). The molecule has 0 radical (unpaired) electrons. The highest BCUT2D eigenvalue weighted by Crippen LogP contribution is 2.24. The van der Waals surface area contributed by atoms with Gasteiger partial charge in [0, 0.05) is 18.3 Å². The van der Waals surface area contributed by atoms with E-state index in [-0.39, 0.29) is 5.41 Å². The molecule has 0 aromatic rings. The predicted molar refractivity (Wildman–Crippen MR) is 39.9 cm³/mol. The molecule has 9 heavy (non-hydrogen) atoms. The van der Waals surface area contributed by atoms with E-state index in [1.807, 2.05) is 12.4 Å². The third kappa shape index (κ3) is 1.37. The van der Waals surface area contributed by atoms with Crippen LogP contribution in [0.25, 0.3) is 0 Å². The van der Waals surface area contributed by atoms with Crippen LogP contribution in [0.1, 0.15) is 20.8 Å². The van der Waals surface area contributed by atoms with Crippen molar-refractivity contribution in [2.75, 3.05) is 0 Å². The van der Waals surface area contributed by atoms with Crippen LogP contribution >= 0.6 is 0 Å². The van der Waals surface area contributed by atoms with Crippen LogP contribution in [-0.4, -0.2) is 12.4 Å². The molecule has 0 atom stereocenters. The Bertz CT molecular complexity index is 139. The molecule has 0 N–H and O–H groups in total. The predicted octanol–water partition coefficient (Wildman–Crippen LogP) is 1.72. The summed E-state index contributed by atoms with van der Waals surface area (Å²) >= 11 is 0. The largest absolute Gasteiger partial charge is 0.163 e. The Morgan fingerprint density at radius 2 is 1.56 bits per heavy atom. The van der Waals surface area contributed by atoms with Gasteiger partial charge in [0.15, 0.2) is 0 Å². The monoisotopic (exact) mass is 124 g/mol. The van der Waals surface area contributed by atoms with Gasteiger partial charge in [-0.2, -0.15) is 10.2 Å². The average molecular weight is 124 g/mol. The van der Waals surface area contributed by atoms with Crippen molar-refractivity contribution < 1.29 is 0 Å². The average Bonchev–Trinajstić information content (AvgIpc) is 2.08. The number of hydrogen-bond donors (Lipinski definition) is 0. The molecule has 0 saturated heterocycles. The first-order chi connectivity index (χ1) is 4.11. The summed E-state index contributed by atoms with van der Waals surface area (Å²) in [6.07, 6.45) is 3.78. The van der Waals surface area contributed by atoms with E-state index in [4.69, 9.17) is 0 Å². The minimum Gasteiger partial charge on any atom is -0.163 e. The van der Waals surface area contributed by atoms with E-state index in [1.165, 1.54) is 0 Å². The summed E-state index contributed by atoms with van der Waals surface area (Å²) < 4.78 is 0. The van der Waals surface area contributed by atoms with Gasteiger partial charge in [-0.1, -0.05) is 20.8 Å². The number of nitrogens with zero attached hydrogens (tertiary/aromatic N) is 2. The van der Waals surface area contributed by atoms with E-state index < -0.39 is 0 Å². The van der Waals surface area contributed by atoms with Crippen molar-refractivity contribution in [1.29, 1.82) is 0 Å². The lowest BCUT2D eigenvalue weighted by molar-refractivity contribution is 0.389. The zero-order valence-electron chi connectivity index (χ0n) is 6.13. The second kappa shape index (κ2) is 1.94. The van der Waals surface area contributed by atoms with Crippen molar-refractivity contribution in [2.45, 2.75) is 20.8 Å². The molecular formula is C7H12N2. The fraction of sp³-hybridized carbons (Fsp3) is 0.714. The molecule has 0 aromatic heterocycles. The summed E-state index contributed by atoms with van der Waals surface area (Å²) in [6.45, 7) is 6.54. The van der Waals surface area contributed by atoms with E-state index in [1.54, 1.807) is 0 Å². The molecule has 2 heteroatoms. The van der Waals surface area contributed by atoms with Crippen molar-refractivity contribution >= 4 is 12.4 Å². The van der Waals surface area contributed by atoms with Gasteiger partial charge in [0.2, 0.25) is 0 Å². The molecule has 2 nitrogen and oxygen atoms in total. The third-order valence-electron chi connectivity index (χ3n) is 1.52. The van der Waals surface area contributed by atoms with Gasteiger partial charge in [-0.3, -0.25) is 0 Å². The lowest BCUT2D eigenvalue weighted by atomic mass is 9.83. The van der Waals surface area contributed by atoms with Crippen molar-refractivity contribution in [3.8, 4) is 0 Å². The first-order valence-corrected chi connectivity index (χ1v) is 3.17. The Morgan fingerprint density at radius 1 is 1.11 bits per heavy atom. The van der Waals surface area contributed by atoms with E-state index in [9.17, 15) is 0 Å². The van der Waals surface area contributed by atoms with Gasteiger partial charge in [0.25, 0.3) is 0 Å². The number of hydrogen-bond acceptors (Lipinski definition) is 2. The lowest BCUT2D eigenvalue weighted by Gasteiger charge is -2.20.